The van der Waals surface area contributed by atoms with Gasteiger partial charge < -0.3 is 5.32 Å². The summed E-state index contributed by atoms with van der Waals surface area (Å²) >= 11 is 0. The standard InChI is InChI=1S/C13H17N/c1-3-5-6-7-12-8-10-13(11-9-12)14-4-2/h5,8-11,14H,1,4,6-7H2,2H3. The van der Waals surface area contributed by atoms with Crippen LogP contribution in [0.3, 0.4) is 0 Å². The maximum Gasteiger partial charge on any atom is 0.0340 e. The van der Waals surface area contributed by atoms with Crippen LogP contribution >= 0.6 is 0 Å². The zero-order chi connectivity index (χ0) is 10.2. The third-order valence-electron chi connectivity index (χ3n) is 2.06. The molecule has 0 aliphatic rings. The molecule has 0 fully saturated rings. The van der Waals surface area contributed by atoms with Crippen LogP contribution in [0.1, 0.15) is 18.9 Å². The zero-order valence-electron chi connectivity index (χ0n) is 8.72. The molecule has 1 aromatic rings. The van der Waals surface area contributed by atoms with Crippen LogP contribution in [0.5, 0.6) is 0 Å². The number of rotatable bonds is 5. The van der Waals surface area contributed by atoms with Crippen molar-refractivity contribution < 1.29 is 0 Å². The number of nitrogens with one attached hydrogen (secondary N) is 1. The van der Waals surface area contributed by atoms with E-state index in [1.807, 2.05) is 6.08 Å². The largest absolute Gasteiger partial charge is 0.385 e. The molecule has 0 saturated heterocycles. The van der Waals surface area contributed by atoms with Crippen molar-refractivity contribution in [1.82, 2.24) is 0 Å². The number of benzene rings is 1. The highest BCUT2D eigenvalue weighted by atomic mass is 14.8. The van der Waals surface area contributed by atoms with Gasteiger partial charge in [0.25, 0.3) is 0 Å². The van der Waals surface area contributed by atoms with Crippen molar-refractivity contribution >= 4 is 5.69 Å². The van der Waals surface area contributed by atoms with Crippen molar-refractivity contribution in [1.29, 1.82) is 0 Å². The molecular formula is C13H17N. The van der Waals surface area contributed by atoms with Gasteiger partial charge in [-0.05, 0) is 43.5 Å². The number of anilines is 1. The quantitative estimate of drug-likeness (QED) is 0.697. The molecule has 1 nitrogen and oxygen atoms in total. The van der Waals surface area contributed by atoms with Gasteiger partial charge in [0, 0.05) is 12.2 Å². The molecule has 0 aliphatic heterocycles. The molecule has 0 radical (unpaired) electrons. The number of hydrogen-bond donors (Lipinski definition) is 1. The van der Waals surface area contributed by atoms with E-state index < -0.39 is 0 Å². The molecule has 74 valence electrons. The summed E-state index contributed by atoms with van der Waals surface area (Å²) in [4.78, 5) is 0. The molecule has 0 atom stereocenters. The molecule has 14 heavy (non-hydrogen) atoms. The fourth-order valence-corrected chi connectivity index (χ4v) is 1.33. The second kappa shape index (κ2) is 6.06. The van der Waals surface area contributed by atoms with Gasteiger partial charge in [0.1, 0.15) is 0 Å². The lowest BCUT2D eigenvalue weighted by molar-refractivity contribution is 1.00. The number of allylic oxidation sites excluding steroid dienone is 1. The fraction of sp³-hybridized carbons (Fsp3) is 0.308. The minimum atomic E-state index is 0.971. The predicted molar refractivity (Wildman–Crippen MR) is 62.6 cm³/mol. The molecular weight excluding hydrogens is 170 g/mol. The first-order valence-electron chi connectivity index (χ1n) is 5.04. The van der Waals surface area contributed by atoms with Gasteiger partial charge in [-0.1, -0.05) is 18.7 Å². The summed E-state index contributed by atoms with van der Waals surface area (Å²) in [6.07, 6.45) is 4.05. The Hall–Kier alpha value is -1.46. The maximum absolute atomic E-state index is 3.54. The van der Waals surface area contributed by atoms with Crippen LogP contribution in [0.2, 0.25) is 0 Å². The molecule has 1 rings (SSSR count). The number of aryl methyl sites for hydroxylation is 1. The topological polar surface area (TPSA) is 12.0 Å². The predicted octanol–water partition coefficient (Wildman–Crippen LogP) is 3.39. The van der Waals surface area contributed by atoms with E-state index in [0.717, 1.165) is 19.4 Å². The molecule has 1 heteroatoms. The Morgan fingerprint density at radius 1 is 1.36 bits per heavy atom. The van der Waals surface area contributed by atoms with Crippen LogP contribution in [0, 0.1) is 0 Å². The monoisotopic (exact) mass is 187 g/mol. The average Bonchev–Trinajstić information content (AvgIpc) is 2.21. The summed E-state index contributed by atoms with van der Waals surface area (Å²) in [5.41, 5.74) is 5.33. The molecule has 0 saturated carbocycles. The van der Waals surface area contributed by atoms with E-state index in [2.05, 4.69) is 48.8 Å². The Morgan fingerprint density at radius 2 is 2.07 bits per heavy atom. The Bertz CT molecular complexity index is 305. The lowest BCUT2D eigenvalue weighted by Gasteiger charge is -2.03. The maximum atomic E-state index is 3.54. The van der Waals surface area contributed by atoms with Crippen molar-refractivity contribution in [2.24, 2.45) is 0 Å². The van der Waals surface area contributed by atoms with Gasteiger partial charge in [-0.2, -0.15) is 0 Å². The van der Waals surface area contributed by atoms with Crippen LogP contribution < -0.4 is 5.32 Å². The summed E-state index contributed by atoms with van der Waals surface area (Å²) in [7, 11) is 0. The fourth-order valence-electron chi connectivity index (χ4n) is 1.33. The Labute approximate surface area is 86.2 Å². The highest BCUT2D eigenvalue weighted by Gasteiger charge is 1.92. The first-order valence-corrected chi connectivity index (χ1v) is 5.04. The van der Waals surface area contributed by atoms with Crippen molar-refractivity contribution in [2.75, 3.05) is 11.9 Å². The summed E-state index contributed by atoms with van der Waals surface area (Å²) < 4.78 is 0. The van der Waals surface area contributed by atoms with E-state index in [9.17, 15) is 0 Å². The van der Waals surface area contributed by atoms with Crippen LogP contribution in [0.4, 0.5) is 5.69 Å². The van der Waals surface area contributed by atoms with Gasteiger partial charge in [-0.25, -0.2) is 0 Å². The summed E-state index contributed by atoms with van der Waals surface area (Å²) in [6, 6.07) is 8.57. The normalized spacial score (nSPS) is 9.21. The van der Waals surface area contributed by atoms with E-state index in [-0.39, 0.29) is 0 Å². The first-order chi connectivity index (χ1) is 6.86. The summed E-state index contributed by atoms with van der Waals surface area (Å²) in [5, 5.41) is 3.27. The molecule has 1 aromatic carbocycles. The first kappa shape index (κ1) is 10.6. The Balaban J connectivity index is 2.50. The third-order valence-corrected chi connectivity index (χ3v) is 2.06. The SMILES string of the molecule is C=C=CCCc1ccc(NCC)cc1. The van der Waals surface area contributed by atoms with E-state index in [4.69, 9.17) is 0 Å². The minimum absolute atomic E-state index is 0.971. The second-order valence-electron chi connectivity index (χ2n) is 3.17. The van der Waals surface area contributed by atoms with Gasteiger partial charge in [0.2, 0.25) is 0 Å². The van der Waals surface area contributed by atoms with Crippen LogP contribution in [-0.4, -0.2) is 6.54 Å². The van der Waals surface area contributed by atoms with Gasteiger partial charge in [0.05, 0.1) is 0 Å². The van der Waals surface area contributed by atoms with Crippen molar-refractivity contribution in [3.05, 3.63) is 48.2 Å². The molecule has 0 heterocycles. The van der Waals surface area contributed by atoms with E-state index >= 15 is 0 Å². The van der Waals surface area contributed by atoms with Gasteiger partial charge >= 0.3 is 0 Å². The van der Waals surface area contributed by atoms with E-state index in [0.29, 0.717) is 0 Å². The van der Waals surface area contributed by atoms with Gasteiger partial charge in [-0.3, -0.25) is 0 Å². The zero-order valence-corrected chi connectivity index (χ0v) is 8.72. The summed E-state index contributed by atoms with van der Waals surface area (Å²) in [6.45, 7) is 6.61. The van der Waals surface area contributed by atoms with Crippen LogP contribution in [-0.2, 0) is 6.42 Å². The van der Waals surface area contributed by atoms with Crippen molar-refractivity contribution in [2.45, 2.75) is 19.8 Å². The molecule has 0 aromatic heterocycles. The molecule has 1 N–H and O–H groups in total. The minimum Gasteiger partial charge on any atom is -0.385 e. The van der Waals surface area contributed by atoms with Crippen LogP contribution in [0.25, 0.3) is 0 Å². The lowest BCUT2D eigenvalue weighted by atomic mass is 10.1. The van der Waals surface area contributed by atoms with Crippen LogP contribution in [0.15, 0.2) is 42.7 Å². The smallest absolute Gasteiger partial charge is 0.0340 e. The molecule has 0 spiro atoms. The highest BCUT2D eigenvalue weighted by molar-refractivity contribution is 5.44. The van der Waals surface area contributed by atoms with E-state index in [1.54, 1.807) is 0 Å². The molecule has 0 aliphatic carbocycles. The molecule has 0 bridgehead atoms. The van der Waals surface area contributed by atoms with Gasteiger partial charge in [0.15, 0.2) is 0 Å². The van der Waals surface area contributed by atoms with Gasteiger partial charge in [-0.15, -0.1) is 5.73 Å². The Morgan fingerprint density at radius 3 is 2.64 bits per heavy atom. The third kappa shape index (κ3) is 3.51. The Kier molecular flexibility index (Phi) is 4.60. The van der Waals surface area contributed by atoms with E-state index in [1.165, 1.54) is 11.3 Å². The summed E-state index contributed by atoms with van der Waals surface area (Å²) in [5.74, 6) is 0. The lowest BCUT2D eigenvalue weighted by Crippen LogP contribution is -1.95. The molecule has 0 amide bonds. The number of hydrogen-bond acceptors (Lipinski definition) is 1. The molecule has 0 unspecified atom stereocenters. The highest BCUT2D eigenvalue weighted by Crippen LogP contribution is 2.10. The average molecular weight is 187 g/mol. The van der Waals surface area contributed by atoms with Crippen molar-refractivity contribution in [3.8, 4) is 0 Å². The van der Waals surface area contributed by atoms with Crippen molar-refractivity contribution in [3.63, 3.8) is 0 Å². The second-order valence-corrected chi connectivity index (χ2v) is 3.17.